The number of hydrogen-bond acceptors (Lipinski definition) is 3. The Morgan fingerprint density at radius 2 is 1.85 bits per heavy atom. The van der Waals surface area contributed by atoms with Crippen molar-refractivity contribution >= 4 is 12.3 Å². The lowest BCUT2D eigenvalue weighted by molar-refractivity contribution is -0.151. The van der Waals surface area contributed by atoms with Gasteiger partial charge in [0.25, 0.3) is 0 Å². The summed E-state index contributed by atoms with van der Waals surface area (Å²) in [5, 5.41) is 0. The second kappa shape index (κ2) is 7.63. The van der Waals surface area contributed by atoms with E-state index in [4.69, 9.17) is 4.74 Å². The topological polar surface area (TPSA) is 43.4 Å². The van der Waals surface area contributed by atoms with Gasteiger partial charge in [0.1, 0.15) is 12.9 Å². The molecule has 0 unspecified atom stereocenters. The molecule has 0 N–H and O–H groups in total. The Bertz CT molecular complexity index is 456. The average Bonchev–Trinajstić information content (AvgIpc) is 2.52. The van der Waals surface area contributed by atoms with E-state index >= 15 is 0 Å². The third-order valence-corrected chi connectivity index (χ3v) is 3.79. The molecular weight excluding hydrogens is 252 g/mol. The molecule has 0 heterocycles. The Kier molecular flexibility index (Phi) is 5.54. The van der Waals surface area contributed by atoms with E-state index in [-0.39, 0.29) is 11.9 Å². The van der Waals surface area contributed by atoms with Crippen molar-refractivity contribution in [2.75, 3.05) is 0 Å². The van der Waals surface area contributed by atoms with Gasteiger partial charge < -0.3 is 4.74 Å². The second-order valence-corrected chi connectivity index (χ2v) is 5.23. The molecule has 1 aliphatic rings. The van der Waals surface area contributed by atoms with Crippen molar-refractivity contribution in [2.45, 2.75) is 32.3 Å². The maximum Gasteiger partial charge on any atom is 0.309 e. The van der Waals surface area contributed by atoms with Crippen molar-refractivity contribution in [2.24, 2.45) is 11.8 Å². The molecule has 1 aromatic carbocycles. The second-order valence-electron chi connectivity index (χ2n) is 5.23. The summed E-state index contributed by atoms with van der Waals surface area (Å²) >= 11 is 0. The van der Waals surface area contributed by atoms with Crippen LogP contribution in [0.1, 0.15) is 31.2 Å². The number of esters is 1. The average molecular weight is 272 g/mol. The Balaban J connectivity index is 1.74. The minimum atomic E-state index is -0.0910. The summed E-state index contributed by atoms with van der Waals surface area (Å²) in [5.41, 5.74) is 1.02. The maximum absolute atomic E-state index is 12.0. The largest absolute Gasteiger partial charge is 0.461 e. The van der Waals surface area contributed by atoms with Crippen molar-refractivity contribution in [3.63, 3.8) is 0 Å². The minimum absolute atomic E-state index is 0.0135. The summed E-state index contributed by atoms with van der Waals surface area (Å²) in [5.74, 6) is 0.352. The summed E-state index contributed by atoms with van der Waals surface area (Å²) in [6.07, 6.45) is 7.91. The first-order valence-corrected chi connectivity index (χ1v) is 7.12. The molecule has 0 radical (unpaired) electrons. The first-order chi connectivity index (χ1) is 9.79. The highest BCUT2D eigenvalue weighted by Gasteiger charge is 2.26. The number of benzene rings is 1. The molecule has 0 aromatic heterocycles. The van der Waals surface area contributed by atoms with Gasteiger partial charge in [0, 0.05) is 0 Å². The number of carbonyl (C=O) groups is 2. The van der Waals surface area contributed by atoms with Crippen molar-refractivity contribution in [1.82, 2.24) is 0 Å². The van der Waals surface area contributed by atoms with Crippen molar-refractivity contribution in [1.29, 1.82) is 0 Å². The molecular formula is C17H20O3. The Labute approximate surface area is 119 Å². The van der Waals surface area contributed by atoms with Crippen LogP contribution in [-0.4, -0.2) is 12.3 Å². The summed E-state index contributed by atoms with van der Waals surface area (Å²) in [7, 11) is 0. The first kappa shape index (κ1) is 14.5. The predicted molar refractivity (Wildman–Crippen MR) is 76.9 cm³/mol. The van der Waals surface area contributed by atoms with Gasteiger partial charge in [-0.05, 0) is 43.2 Å². The van der Waals surface area contributed by atoms with Gasteiger partial charge in [-0.2, -0.15) is 0 Å². The number of carbonyl (C=O) groups excluding carboxylic acids is 2. The molecule has 1 saturated carbocycles. The van der Waals surface area contributed by atoms with Crippen LogP contribution in [0.15, 0.2) is 42.5 Å². The monoisotopic (exact) mass is 272 g/mol. The van der Waals surface area contributed by atoms with E-state index in [1.165, 1.54) is 0 Å². The molecule has 2 rings (SSSR count). The van der Waals surface area contributed by atoms with Crippen LogP contribution in [-0.2, 0) is 20.9 Å². The van der Waals surface area contributed by atoms with Gasteiger partial charge in [0.05, 0.1) is 5.92 Å². The number of rotatable bonds is 5. The third-order valence-electron chi connectivity index (χ3n) is 3.79. The Morgan fingerprint density at radius 3 is 2.50 bits per heavy atom. The molecule has 3 nitrogen and oxygen atoms in total. The molecule has 0 amide bonds. The van der Waals surface area contributed by atoms with E-state index in [2.05, 4.69) is 0 Å². The summed E-state index contributed by atoms with van der Waals surface area (Å²) < 4.78 is 5.37. The number of aldehydes is 1. The zero-order valence-corrected chi connectivity index (χ0v) is 11.5. The molecule has 20 heavy (non-hydrogen) atoms. The van der Waals surface area contributed by atoms with Crippen LogP contribution in [0, 0.1) is 11.8 Å². The highest BCUT2D eigenvalue weighted by Crippen LogP contribution is 2.30. The summed E-state index contributed by atoms with van der Waals surface area (Å²) in [6.45, 7) is 0.352. The van der Waals surface area contributed by atoms with Gasteiger partial charge in [-0.3, -0.25) is 9.59 Å². The number of hydrogen-bond donors (Lipinski definition) is 0. The molecule has 1 fully saturated rings. The highest BCUT2D eigenvalue weighted by atomic mass is 16.5. The van der Waals surface area contributed by atoms with Gasteiger partial charge >= 0.3 is 5.97 Å². The molecule has 3 heteroatoms. The molecule has 0 spiro atoms. The van der Waals surface area contributed by atoms with Crippen LogP contribution in [0.25, 0.3) is 0 Å². The van der Waals surface area contributed by atoms with E-state index in [0.717, 1.165) is 37.5 Å². The van der Waals surface area contributed by atoms with Gasteiger partial charge in [-0.1, -0.05) is 36.4 Å². The first-order valence-electron chi connectivity index (χ1n) is 7.12. The van der Waals surface area contributed by atoms with Crippen LogP contribution in [0.2, 0.25) is 0 Å². The van der Waals surface area contributed by atoms with Crippen LogP contribution in [0.5, 0.6) is 0 Å². The van der Waals surface area contributed by atoms with E-state index in [9.17, 15) is 9.59 Å². The molecule has 1 aromatic rings. The minimum Gasteiger partial charge on any atom is -0.461 e. The van der Waals surface area contributed by atoms with Crippen LogP contribution in [0.3, 0.4) is 0 Å². The maximum atomic E-state index is 12.0. The zero-order chi connectivity index (χ0) is 14.2. The zero-order valence-electron chi connectivity index (χ0n) is 11.5. The van der Waals surface area contributed by atoms with Crippen LogP contribution in [0.4, 0.5) is 0 Å². The fourth-order valence-corrected chi connectivity index (χ4v) is 2.60. The van der Waals surface area contributed by atoms with Gasteiger partial charge in [0.2, 0.25) is 0 Å². The van der Waals surface area contributed by atoms with E-state index in [0.29, 0.717) is 12.5 Å². The lowest BCUT2D eigenvalue weighted by Gasteiger charge is -2.25. The molecule has 0 atom stereocenters. The molecule has 1 aliphatic carbocycles. The summed E-state index contributed by atoms with van der Waals surface area (Å²) in [6, 6.07) is 9.73. The highest BCUT2D eigenvalue weighted by molar-refractivity contribution is 5.72. The fraction of sp³-hybridized carbons (Fsp3) is 0.412. The molecule has 0 bridgehead atoms. The quantitative estimate of drug-likeness (QED) is 0.469. The van der Waals surface area contributed by atoms with Crippen molar-refractivity contribution in [3.05, 3.63) is 48.0 Å². The lowest BCUT2D eigenvalue weighted by Crippen LogP contribution is -2.23. The van der Waals surface area contributed by atoms with Crippen molar-refractivity contribution < 1.29 is 14.3 Å². The smallest absolute Gasteiger partial charge is 0.309 e. The van der Waals surface area contributed by atoms with Crippen molar-refractivity contribution in [3.8, 4) is 0 Å². The van der Waals surface area contributed by atoms with E-state index in [1.54, 1.807) is 6.08 Å². The summed E-state index contributed by atoms with van der Waals surface area (Å²) in [4.78, 5) is 22.3. The lowest BCUT2D eigenvalue weighted by atomic mass is 9.82. The predicted octanol–water partition coefficient (Wildman–Crippen LogP) is 3.29. The van der Waals surface area contributed by atoms with Gasteiger partial charge in [-0.15, -0.1) is 0 Å². The fourth-order valence-electron chi connectivity index (χ4n) is 2.60. The van der Waals surface area contributed by atoms with Gasteiger partial charge in [-0.25, -0.2) is 0 Å². The SMILES string of the molecule is O=CC=CC1CCC(C(=O)OCc2ccccc2)CC1. The normalized spacial score (nSPS) is 22.6. The number of allylic oxidation sites excluding steroid dienone is 2. The van der Waals surface area contributed by atoms with Crippen LogP contribution >= 0.6 is 0 Å². The Morgan fingerprint density at radius 1 is 1.15 bits per heavy atom. The number of ether oxygens (including phenoxy) is 1. The third kappa shape index (κ3) is 4.34. The molecule has 106 valence electrons. The Hall–Kier alpha value is -1.90. The standard InChI is InChI=1S/C17H20O3/c18-12-4-7-14-8-10-16(11-9-14)17(19)20-13-15-5-2-1-3-6-15/h1-7,12,14,16H,8-11,13H2. The van der Waals surface area contributed by atoms with Crippen LogP contribution < -0.4 is 0 Å². The van der Waals surface area contributed by atoms with Gasteiger partial charge in [0.15, 0.2) is 0 Å². The van der Waals surface area contributed by atoms with E-state index < -0.39 is 0 Å². The molecule has 0 saturated heterocycles. The molecule has 0 aliphatic heterocycles. The van der Waals surface area contributed by atoms with E-state index in [1.807, 2.05) is 36.4 Å².